The molecule has 0 aliphatic rings. The van der Waals surface area contributed by atoms with Crippen LogP contribution in [-0.4, -0.2) is 17.0 Å². The number of hydrogen-bond acceptors (Lipinski definition) is 4. The van der Waals surface area contributed by atoms with E-state index in [1.807, 2.05) is 0 Å². The highest BCUT2D eigenvalue weighted by atomic mass is 19.1. The number of carbonyl (C=O) groups excluding carboxylic acids is 2. The second-order valence-electron chi connectivity index (χ2n) is 6.33. The van der Waals surface area contributed by atoms with Crippen molar-refractivity contribution in [3.8, 4) is 5.75 Å². The molecule has 0 radical (unpaired) electrons. The van der Waals surface area contributed by atoms with Gasteiger partial charge in [0.15, 0.2) is 0 Å². The Hall–Kier alpha value is -3.97. The molecule has 2 amide bonds. The van der Waals surface area contributed by atoms with Crippen LogP contribution < -0.4 is 15.5 Å². The topological polar surface area (TPSA) is 87.7 Å². The lowest BCUT2D eigenvalue weighted by Crippen LogP contribution is -2.18. The number of ether oxygens (including phenoxy) is 1. The molecule has 7 heteroatoms. The largest absolute Gasteiger partial charge is 0.489 e. The van der Waals surface area contributed by atoms with E-state index in [0.29, 0.717) is 28.1 Å². The molecule has 0 aromatic heterocycles. The number of benzene rings is 3. The number of hydrogen-bond donors (Lipinski definition) is 3. The smallest absolute Gasteiger partial charge is 0.274 e. The fourth-order valence-corrected chi connectivity index (χ4v) is 2.62. The van der Waals surface area contributed by atoms with Gasteiger partial charge in [0.1, 0.15) is 18.2 Å². The van der Waals surface area contributed by atoms with E-state index in [1.54, 1.807) is 60.1 Å². The van der Waals surface area contributed by atoms with E-state index in [0.717, 1.165) is 0 Å². The number of anilines is 1. The Morgan fingerprint density at radius 2 is 1.77 bits per heavy atom. The Balaban J connectivity index is 1.56. The van der Waals surface area contributed by atoms with Crippen molar-refractivity contribution < 1.29 is 23.9 Å². The molecular weight excluding hydrogens is 387 g/mol. The minimum atomic E-state index is -0.609. The number of carbonyl (C=O) groups is 2. The average Bonchev–Trinajstić information content (AvgIpc) is 2.76. The van der Waals surface area contributed by atoms with Gasteiger partial charge >= 0.3 is 0 Å². The summed E-state index contributed by atoms with van der Waals surface area (Å²) in [7, 11) is 0. The van der Waals surface area contributed by atoms with E-state index in [2.05, 4.69) is 5.32 Å². The van der Waals surface area contributed by atoms with Crippen LogP contribution in [0, 0.1) is 5.82 Å². The van der Waals surface area contributed by atoms with E-state index in [1.165, 1.54) is 30.3 Å². The Bertz CT molecular complexity index is 1060. The Morgan fingerprint density at radius 1 is 1.00 bits per heavy atom. The van der Waals surface area contributed by atoms with Crippen LogP contribution in [0.5, 0.6) is 5.75 Å². The van der Waals surface area contributed by atoms with Crippen molar-refractivity contribution in [1.82, 2.24) is 5.48 Å². The van der Waals surface area contributed by atoms with Gasteiger partial charge in [-0.25, -0.2) is 9.87 Å². The van der Waals surface area contributed by atoms with E-state index >= 15 is 0 Å². The molecule has 0 fully saturated rings. The lowest BCUT2D eigenvalue weighted by molar-refractivity contribution is -0.111. The van der Waals surface area contributed by atoms with Crippen molar-refractivity contribution >= 4 is 23.6 Å². The minimum Gasteiger partial charge on any atom is -0.489 e. The quantitative estimate of drug-likeness (QED) is 0.312. The third-order valence-electron chi connectivity index (χ3n) is 4.10. The van der Waals surface area contributed by atoms with Crippen molar-refractivity contribution in [1.29, 1.82) is 0 Å². The van der Waals surface area contributed by atoms with Crippen LogP contribution in [-0.2, 0) is 11.4 Å². The SMILES string of the molecule is O=C(/C=C/c1ccc(C(=O)NO)cc1)Nc1cccc(OCc2cccc(F)c2)c1. The summed E-state index contributed by atoms with van der Waals surface area (Å²) >= 11 is 0. The molecule has 0 spiro atoms. The van der Waals surface area contributed by atoms with Crippen LogP contribution in [0.3, 0.4) is 0 Å². The molecule has 3 aromatic rings. The molecule has 0 saturated heterocycles. The average molecular weight is 406 g/mol. The fourth-order valence-electron chi connectivity index (χ4n) is 2.62. The van der Waals surface area contributed by atoms with Gasteiger partial charge < -0.3 is 10.1 Å². The molecule has 0 aliphatic carbocycles. The van der Waals surface area contributed by atoms with Crippen LogP contribution in [0.15, 0.2) is 78.9 Å². The maximum absolute atomic E-state index is 13.2. The first-order valence-electron chi connectivity index (χ1n) is 9.04. The standard InChI is InChI=1S/C23H19FN2O4/c24-19-4-1-3-17(13-19)15-30-21-6-2-5-20(14-21)25-22(27)12-9-16-7-10-18(11-8-16)23(28)26-29/h1-14,29H,15H2,(H,25,27)(H,26,28)/b12-9+. The van der Waals surface area contributed by atoms with E-state index in [9.17, 15) is 14.0 Å². The molecule has 152 valence electrons. The van der Waals surface area contributed by atoms with Gasteiger partial charge in [0.25, 0.3) is 5.91 Å². The highest BCUT2D eigenvalue weighted by Gasteiger charge is 2.04. The Kier molecular flexibility index (Phi) is 6.91. The third kappa shape index (κ3) is 6.02. The van der Waals surface area contributed by atoms with Gasteiger partial charge in [-0.3, -0.25) is 14.8 Å². The van der Waals surface area contributed by atoms with Crippen LogP contribution >= 0.6 is 0 Å². The molecule has 0 heterocycles. The summed E-state index contributed by atoms with van der Waals surface area (Å²) in [6.45, 7) is 0.208. The molecule has 0 aliphatic heterocycles. The highest BCUT2D eigenvalue weighted by molar-refractivity contribution is 6.02. The molecule has 30 heavy (non-hydrogen) atoms. The number of halogens is 1. The molecule has 0 saturated carbocycles. The van der Waals surface area contributed by atoms with Gasteiger partial charge in [-0.1, -0.05) is 30.3 Å². The monoisotopic (exact) mass is 406 g/mol. The van der Waals surface area contributed by atoms with Gasteiger partial charge in [0, 0.05) is 23.4 Å². The summed E-state index contributed by atoms with van der Waals surface area (Å²) in [5, 5.41) is 11.3. The van der Waals surface area contributed by atoms with Crippen LogP contribution in [0.4, 0.5) is 10.1 Å². The molecular formula is C23H19FN2O4. The van der Waals surface area contributed by atoms with Crippen molar-refractivity contribution in [2.24, 2.45) is 0 Å². The van der Waals surface area contributed by atoms with Crippen molar-refractivity contribution in [2.45, 2.75) is 6.61 Å². The van der Waals surface area contributed by atoms with Gasteiger partial charge in [0.05, 0.1) is 0 Å². The van der Waals surface area contributed by atoms with Crippen molar-refractivity contribution in [3.05, 3.63) is 101 Å². The predicted octanol–water partition coefficient (Wildman–Crippen LogP) is 4.18. The maximum atomic E-state index is 13.2. The molecule has 0 bridgehead atoms. The van der Waals surface area contributed by atoms with Gasteiger partial charge in [-0.15, -0.1) is 0 Å². The molecule has 3 N–H and O–H groups in total. The first kappa shape index (κ1) is 20.8. The van der Waals surface area contributed by atoms with Crippen molar-refractivity contribution in [3.63, 3.8) is 0 Å². The second kappa shape index (κ2) is 9.99. The maximum Gasteiger partial charge on any atom is 0.274 e. The zero-order chi connectivity index (χ0) is 21.3. The first-order valence-corrected chi connectivity index (χ1v) is 9.04. The second-order valence-corrected chi connectivity index (χ2v) is 6.33. The third-order valence-corrected chi connectivity index (χ3v) is 4.10. The molecule has 3 rings (SSSR count). The lowest BCUT2D eigenvalue weighted by atomic mass is 10.1. The summed E-state index contributed by atoms with van der Waals surface area (Å²) in [6.07, 6.45) is 2.96. The number of amides is 2. The van der Waals surface area contributed by atoms with E-state index in [-0.39, 0.29) is 18.3 Å². The summed E-state index contributed by atoms with van der Waals surface area (Å²) < 4.78 is 18.9. The predicted molar refractivity (Wildman–Crippen MR) is 111 cm³/mol. The van der Waals surface area contributed by atoms with Crippen molar-refractivity contribution in [2.75, 3.05) is 5.32 Å². The molecule has 6 nitrogen and oxygen atoms in total. The summed E-state index contributed by atoms with van der Waals surface area (Å²) in [4.78, 5) is 23.5. The number of nitrogens with one attached hydrogen (secondary N) is 2. The zero-order valence-electron chi connectivity index (χ0n) is 15.8. The summed E-state index contributed by atoms with van der Waals surface area (Å²) in [5.74, 6) is -0.730. The Morgan fingerprint density at radius 3 is 2.50 bits per heavy atom. The van der Waals surface area contributed by atoms with Gasteiger partial charge in [-0.05, 0) is 53.6 Å². The molecule has 0 atom stereocenters. The lowest BCUT2D eigenvalue weighted by Gasteiger charge is -2.08. The van der Waals surface area contributed by atoms with Crippen LogP contribution in [0.25, 0.3) is 6.08 Å². The highest BCUT2D eigenvalue weighted by Crippen LogP contribution is 2.19. The molecule has 3 aromatic carbocycles. The van der Waals surface area contributed by atoms with Crippen LogP contribution in [0.2, 0.25) is 0 Å². The first-order chi connectivity index (χ1) is 14.5. The summed E-state index contributed by atoms with van der Waals surface area (Å²) in [6, 6.07) is 19.4. The Labute approximate surface area is 172 Å². The van der Waals surface area contributed by atoms with Gasteiger partial charge in [0.2, 0.25) is 5.91 Å². The van der Waals surface area contributed by atoms with Gasteiger partial charge in [-0.2, -0.15) is 0 Å². The summed E-state index contributed by atoms with van der Waals surface area (Å²) in [5.41, 5.74) is 3.83. The van der Waals surface area contributed by atoms with Crippen LogP contribution in [0.1, 0.15) is 21.5 Å². The molecule has 0 unspecified atom stereocenters. The van der Waals surface area contributed by atoms with E-state index < -0.39 is 5.91 Å². The van der Waals surface area contributed by atoms with E-state index in [4.69, 9.17) is 9.94 Å². The zero-order valence-corrected chi connectivity index (χ0v) is 15.8. The fraction of sp³-hybridized carbons (Fsp3) is 0.0435. The normalized spacial score (nSPS) is 10.6. The number of rotatable bonds is 7. The minimum absolute atomic E-state index is 0.208. The number of hydroxylamine groups is 1.